The molecule has 0 aliphatic carbocycles. The first-order valence-electron chi connectivity index (χ1n) is 4.64. The van der Waals surface area contributed by atoms with Crippen molar-refractivity contribution in [1.82, 2.24) is 0 Å². The van der Waals surface area contributed by atoms with E-state index in [1.807, 2.05) is 12.1 Å². The number of hydrogen-bond donors (Lipinski definition) is 2. The fourth-order valence-electron chi connectivity index (χ4n) is 1.35. The topological polar surface area (TPSA) is 88.0 Å². The van der Waals surface area contributed by atoms with Gasteiger partial charge in [0.1, 0.15) is 0 Å². The van der Waals surface area contributed by atoms with E-state index in [2.05, 4.69) is 0 Å². The molecule has 2 unspecified atom stereocenters. The van der Waals surface area contributed by atoms with Gasteiger partial charge in [0.25, 0.3) is 0 Å². The van der Waals surface area contributed by atoms with Crippen molar-refractivity contribution >= 4 is 24.2 Å². The van der Waals surface area contributed by atoms with Crippen LogP contribution in [-0.2, 0) is 0 Å². The predicted molar refractivity (Wildman–Crippen MR) is 69.9 cm³/mol. The van der Waals surface area contributed by atoms with Crippen LogP contribution in [0.3, 0.4) is 0 Å². The summed E-state index contributed by atoms with van der Waals surface area (Å²) in [5.74, 6) is 10.0. The Kier molecular flexibility index (Phi) is 3.70. The van der Waals surface area contributed by atoms with Gasteiger partial charge < -0.3 is 0 Å². The molecule has 0 aromatic rings. The first-order chi connectivity index (χ1) is 6.66. The van der Waals surface area contributed by atoms with Gasteiger partial charge in [0.2, 0.25) is 0 Å². The molecule has 0 saturated heterocycles. The molecule has 0 aliphatic heterocycles. The zero-order valence-electron chi connectivity index (χ0n) is 10.8. The number of nitriles is 2. The van der Waals surface area contributed by atoms with Crippen molar-refractivity contribution in [3.8, 4) is 12.1 Å². The molecule has 2 atom stereocenters. The Morgan fingerprint density at radius 1 is 0.750 bits per heavy atom. The molecule has 4 nitrogen and oxygen atoms in total. The first-order valence-corrected chi connectivity index (χ1v) is 18.4. The Balaban J connectivity index is 5.66. The summed E-state index contributed by atoms with van der Waals surface area (Å²) in [7, 11) is 0. The summed E-state index contributed by atoms with van der Waals surface area (Å²) < 4.78 is 20.9. The molecular weight excluding hydrogens is 338 g/mol. The molecule has 0 rings (SSSR count). The summed E-state index contributed by atoms with van der Waals surface area (Å²) in [6.07, 6.45) is 0. The van der Waals surface area contributed by atoms with Gasteiger partial charge in [0.15, 0.2) is 0 Å². The summed E-state index contributed by atoms with van der Waals surface area (Å²) in [4.78, 5) is -1.51. The Morgan fingerprint density at radius 2 is 0.938 bits per heavy atom. The van der Waals surface area contributed by atoms with E-state index in [1.165, 1.54) is 0 Å². The van der Waals surface area contributed by atoms with E-state index in [1.54, 1.807) is 34.9 Å². The second-order valence-corrected chi connectivity index (χ2v) is 30.1. The summed E-state index contributed by atoms with van der Waals surface area (Å²) in [5.41, 5.74) is 0. The summed E-state index contributed by atoms with van der Waals surface area (Å²) >= 11 is -7.22. The summed E-state index contributed by atoms with van der Waals surface area (Å²) in [6, 6.07) is 4.10. The maximum absolute atomic E-state index is 10.4. The van der Waals surface area contributed by atoms with E-state index in [0.717, 1.165) is 0 Å². The molecule has 0 heterocycles. The Morgan fingerprint density at radius 3 is 1.00 bits per heavy atom. The number of hydrogen-bond acceptors (Lipinski definition) is 4. The van der Waals surface area contributed by atoms with E-state index < -0.39 is 33.9 Å². The van der Waals surface area contributed by atoms with Gasteiger partial charge in [-0.15, -0.1) is 0 Å². The predicted octanol–water partition coefficient (Wildman–Crippen LogP) is 2.34. The molecule has 0 saturated carbocycles. The third kappa shape index (κ3) is 4.07. The van der Waals surface area contributed by atoms with Crippen LogP contribution in [0.5, 0.6) is 0 Å². The Hall–Kier alpha value is -0.0610. The molecule has 6 heteroatoms. The second kappa shape index (κ2) is 3.72. The van der Waals surface area contributed by atoms with Crippen molar-refractivity contribution in [3.05, 3.63) is 0 Å². The molecular formula is C10H22N2O2Se2. The van der Waals surface area contributed by atoms with E-state index in [9.17, 15) is 18.9 Å². The van der Waals surface area contributed by atoms with Crippen LogP contribution in [0, 0.1) is 22.7 Å². The van der Waals surface area contributed by atoms with Crippen molar-refractivity contribution in [2.75, 3.05) is 0 Å². The zero-order valence-corrected chi connectivity index (χ0v) is 14.2. The van der Waals surface area contributed by atoms with Crippen LogP contribution in [0.25, 0.3) is 0 Å². The van der Waals surface area contributed by atoms with E-state index in [0.29, 0.717) is 0 Å². The van der Waals surface area contributed by atoms with Crippen LogP contribution < -0.4 is 0 Å². The average molecular weight is 360 g/mol. The molecule has 16 heavy (non-hydrogen) atoms. The van der Waals surface area contributed by atoms with Crippen molar-refractivity contribution in [2.24, 2.45) is 0 Å². The van der Waals surface area contributed by atoms with Gasteiger partial charge in [-0.3, -0.25) is 0 Å². The van der Waals surface area contributed by atoms with Crippen LogP contribution in [0.4, 0.5) is 0 Å². The third-order valence-electron chi connectivity index (χ3n) is 2.28. The van der Waals surface area contributed by atoms with Gasteiger partial charge in [0, 0.05) is 0 Å². The van der Waals surface area contributed by atoms with Crippen LogP contribution in [0.15, 0.2) is 0 Å². The van der Waals surface area contributed by atoms with E-state index in [-0.39, 0.29) is 0 Å². The van der Waals surface area contributed by atoms with Crippen molar-refractivity contribution < 1.29 is 8.38 Å². The van der Waals surface area contributed by atoms with Crippen LogP contribution in [0.2, 0.25) is 44.6 Å². The van der Waals surface area contributed by atoms with Gasteiger partial charge in [0.05, 0.1) is 0 Å². The van der Waals surface area contributed by atoms with Crippen molar-refractivity contribution in [1.29, 1.82) is 10.5 Å². The van der Waals surface area contributed by atoms with Gasteiger partial charge in [-0.25, -0.2) is 0 Å². The average Bonchev–Trinajstić information content (AvgIpc) is 1.91. The molecule has 0 aliphatic rings. The van der Waals surface area contributed by atoms with E-state index in [4.69, 9.17) is 0 Å². The molecule has 96 valence electrons. The van der Waals surface area contributed by atoms with Crippen molar-refractivity contribution in [3.63, 3.8) is 0 Å². The van der Waals surface area contributed by atoms with E-state index >= 15 is 0 Å². The quantitative estimate of drug-likeness (QED) is 0.757. The van der Waals surface area contributed by atoms with Crippen molar-refractivity contribution in [2.45, 2.75) is 44.6 Å². The number of nitrogens with zero attached hydrogens (tertiary/aromatic N) is 2. The molecule has 0 bridgehead atoms. The summed E-state index contributed by atoms with van der Waals surface area (Å²) in [5, 5.41) is 18.4. The van der Waals surface area contributed by atoms with Gasteiger partial charge >= 0.3 is 99.8 Å². The fraction of sp³-hybridized carbons (Fsp3) is 0.800. The van der Waals surface area contributed by atoms with Gasteiger partial charge in [-0.1, -0.05) is 0 Å². The molecule has 2 radical (unpaired) electrons. The molecule has 0 aromatic heterocycles. The SMILES string of the molecule is C[Se](C)(C)(O)C(C#N)C(C#N)[Se](C)(C)(C)O. The second-order valence-electron chi connectivity index (χ2n) is 6.27. The Labute approximate surface area is 99.7 Å². The maximum atomic E-state index is 10.4. The molecule has 2 N–H and O–H groups in total. The Bertz CT molecular complexity index is 320. The minimum absolute atomic E-state index is 0.755. The van der Waals surface area contributed by atoms with Crippen LogP contribution in [-0.4, -0.2) is 32.6 Å². The third-order valence-corrected chi connectivity index (χ3v) is 12.1. The summed E-state index contributed by atoms with van der Waals surface area (Å²) in [6.45, 7) is 0. The monoisotopic (exact) mass is 362 g/mol. The van der Waals surface area contributed by atoms with Gasteiger partial charge in [-0.05, 0) is 0 Å². The normalized spacial score (nSPS) is 21.4. The van der Waals surface area contributed by atoms with Crippen LogP contribution >= 0.6 is 0 Å². The minimum atomic E-state index is -3.61. The fourth-order valence-corrected chi connectivity index (χ4v) is 15.1. The standard InChI is InChI=1S/C10H22N2O2Se2/c1-15(2,3,13)9(7-11)10(8-12)16(4,5,6)14/h9-10,13-14H,1-6H3. The number of rotatable bonds is 3. The molecule has 0 amide bonds. The molecule has 0 spiro atoms. The first kappa shape index (κ1) is 15.9. The molecule has 0 fully saturated rings. The van der Waals surface area contributed by atoms with Gasteiger partial charge in [-0.2, -0.15) is 0 Å². The van der Waals surface area contributed by atoms with Crippen LogP contribution in [0.1, 0.15) is 0 Å². The molecule has 0 aromatic carbocycles. The zero-order chi connectivity index (χ0) is 13.5.